The molecule has 2 saturated carbocycles. The number of carbonyl (C=O) groups excluding carboxylic acids is 1. The van der Waals surface area contributed by atoms with Crippen LogP contribution in [0, 0.1) is 11.3 Å². The summed E-state index contributed by atoms with van der Waals surface area (Å²) in [4.78, 5) is 11.4. The van der Waals surface area contributed by atoms with Crippen molar-refractivity contribution in [3.63, 3.8) is 0 Å². The molecule has 0 N–H and O–H groups in total. The zero-order chi connectivity index (χ0) is 10.7. The van der Waals surface area contributed by atoms with E-state index in [1.54, 1.807) is 0 Å². The second-order valence-electron chi connectivity index (χ2n) is 5.36. The van der Waals surface area contributed by atoms with Gasteiger partial charge in [0.25, 0.3) is 0 Å². The quantitative estimate of drug-likeness (QED) is 0.621. The molecular weight excluding hydrogens is 188 g/mol. The Morgan fingerprint density at radius 1 is 1.07 bits per heavy atom. The number of hydrogen-bond acceptors (Lipinski definition) is 2. The van der Waals surface area contributed by atoms with Gasteiger partial charge in [-0.15, -0.1) is 0 Å². The predicted molar refractivity (Wildman–Crippen MR) is 59.5 cm³/mol. The Balaban J connectivity index is 1.88. The molecule has 2 aliphatic rings. The molecule has 0 unspecified atom stereocenters. The van der Waals surface area contributed by atoms with Crippen LogP contribution in [-0.4, -0.2) is 13.1 Å². The fourth-order valence-corrected chi connectivity index (χ4v) is 3.43. The smallest absolute Gasteiger partial charge is 0.308 e. The van der Waals surface area contributed by atoms with Crippen molar-refractivity contribution in [2.24, 2.45) is 11.3 Å². The average Bonchev–Trinajstić information content (AvgIpc) is 2.30. The van der Waals surface area contributed by atoms with E-state index in [2.05, 4.69) is 0 Å². The summed E-state index contributed by atoms with van der Waals surface area (Å²) in [6, 6.07) is 0. The van der Waals surface area contributed by atoms with Crippen LogP contribution in [-0.2, 0) is 9.53 Å². The summed E-state index contributed by atoms with van der Waals surface area (Å²) >= 11 is 0. The van der Waals surface area contributed by atoms with Crippen LogP contribution in [0.1, 0.15) is 57.8 Å². The maximum absolute atomic E-state index is 11.4. The molecule has 1 spiro atoms. The lowest BCUT2D eigenvalue weighted by Crippen LogP contribution is -2.32. The van der Waals surface area contributed by atoms with Crippen LogP contribution < -0.4 is 0 Å². The molecule has 2 fully saturated rings. The number of hydrogen-bond donors (Lipinski definition) is 0. The summed E-state index contributed by atoms with van der Waals surface area (Å²) in [6.07, 6.45) is 11.7. The first-order valence-electron chi connectivity index (χ1n) is 6.34. The maximum Gasteiger partial charge on any atom is 0.308 e. The van der Waals surface area contributed by atoms with Crippen LogP contribution in [0.2, 0.25) is 0 Å². The van der Waals surface area contributed by atoms with Crippen molar-refractivity contribution >= 4 is 5.97 Å². The molecule has 0 aromatic carbocycles. The van der Waals surface area contributed by atoms with E-state index in [0.29, 0.717) is 5.41 Å². The van der Waals surface area contributed by atoms with Crippen molar-refractivity contribution in [3.05, 3.63) is 0 Å². The van der Waals surface area contributed by atoms with Gasteiger partial charge in [-0.25, -0.2) is 0 Å². The number of carbonyl (C=O) groups is 1. The van der Waals surface area contributed by atoms with Gasteiger partial charge in [0.15, 0.2) is 0 Å². The van der Waals surface area contributed by atoms with Gasteiger partial charge in [0.1, 0.15) is 0 Å². The maximum atomic E-state index is 11.4. The van der Waals surface area contributed by atoms with Crippen molar-refractivity contribution in [2.75, 3.05) is 7.11 Å². The zero-order valence-electron chi connectivity index (χ0n) is 9.76. The van der Waals surface area contributed by atoms with Gasteiger partial charge in [0, 0.05) is 0 Å². The normalized spacial score (nSPS) is 26.5. The minimum absolute atomic E-state index is 0.0145. The van der Waals surface area contributed by atoms with E-state index in [4.69, 9.17) is 4.74 Å². The Kier molecular flexibility index (Phi) is 3.32. The molecule has 0 bridgehead atoms. The molecule has 2 heteroatoms. The highest BCUT2D eigenvalue weighted by Crippen LogP contribution is 2.48. The largest absolute Gasteiger partial charge is 0.469 e. The van der Waals surface area contributed by atoms with Crippen molar-refractivity contribution < 1.29 is 9.53 Å². The van der Waals surface area contributed by atoms with Crippen LogP contribution >= 0.6 is 0 Å². The lowest BCUT2D eigenvalue weighted by molar-refractivity contribution is -0.147. The fourth-order valence-electron chi connectivity index (χ4n) is 3.43. The molecule has 0 atom stereocenters. The summed E-state index contributed by atoms with van der Waals surface area (Å²) in [5.74, 6) is 0.211. The van der Waals surface area contributed by atoms with Crippen molar-refractivity contribution in [1.29, 1.82) is 0 Å². The van der Waals surface area contributed by atoms with Gasteiger partial charge in [-0.05, 0) is 43.9 Å². The molecule has 0 amide bonds. The molecule has 0 aromatic rings. The SMILES string of the molecule is COC(=O)C1CCC2(CCCCC2)CC1. The molecule has 0 radical (unpaired) electrons. The molecule has 2 aliphatic carbocycles. The number of ether oxygens (including phenoxy) is 1. The van der Waals surface area contributed by atoms with E-state index in [9.17, 15) is 4.79 Å². The second-order valence-corrected chi connectivity index (χ2v) is 5.36. The summed E-state index contributed by atoms with van der Waals surface area (Å²) in [5, 5.41) is 0. The van der Waals surface area contributed by atoms with Crippen LogP contribution in [0.25, 0.3) is 0 Å². The number of methoxy groups -OCH3 is 1. The summed E-state index contributed by atoms with van der Waals surface area (Å²) in [7, 11) is 1.51. The Morgan fingerprint density at radius 2 is 1.67 bits per heavy atom. The predicted octanol–water partition coefficient (Wildman–Crippen LogP) is 3.30. The van der Waals surface area contributed by atoms with E-state index in [0.717, 1.165) is 12.8 Å². The fraction of sp³-hybridized carbons (Fsp3) is 0.923. The highest BCUT2D eigenvalue weighted by atomic mass is 16.5. The molecule has 0 heterocycles. The van der Waals surface area contributed by atoms with Crippen molar-refractivity contribution in [3.8, 4) is 0 Å². The zero-order valence-corrected chi connectivity index (χ0v) is 9.76. The standard InChI is InChI=1S/C13H22O2/c1-15-12(14)11-5-9-13(10-6-11)7-3-2-4-8-13/h11H,2-10H2,1H3. The molecule has 0 aliphatic heterocycles. The first-order chi connectivity index (χ1) is 7.26. The van der Waals surface area contributed by atoms with Gasteiger partial charge in [0.05, 0.1) is 13.0 Å². The van der Waals surface area contributed by atoms with Gasteiger partial charge in [-0.2, -0.15) is 0 Å². The molecule has 2 nitrogen and oxygen atoms in total. The minimum Gasteiger partial charge on any atom is -0.469 e. The molecule has 0 saturated heterocycles. The summed E-state index contributed by atoms with van der Waals surface area (Å²) < 4.78 is 4.83. The number of rotatable bonds is 1. The van der Waals surface area contributed by atoms with Gasteiger partial charge < -0.3 is 4.74 Å². The molecular formula is C13H22O2. The van der Waals surface area contributed by atoms with E-state index >= 15 is 0 Å². The average molecular weight is 210 g/mol. The molecule has 2 rings (SSSR count). The van der Waals surface area contributed by atoms with Crippen LogP contribution in [0.15, 0.2) is 0 Å². The van der Waals surface area contributed by atoms with E-state index in [1.807, 2.05) is 0 Å². The van der Waals surface area contributed by atoms with Gasteiger partial charge in [-0.1, -0.05) is 19.3 Å². The Bertz CT molecular complexity index is 219. The minimum atomic E-state index is 0.0145. The second kappa shape index (κ2) is 4.54. The third-order valence-corrected chi connectivity index (χ3v) is 4.49. The van der Waals surface area contributed by atoms with Crippen molar-refractivity contribution in [1.82, 2.24) is 0 Å². The Labute approximate surface area is 92.4 Å². The first kappa shape index (κ1) is 11.0. The lowest BCUT2D eigenvalue weighted by Gasteiger charge is -2.42. The van der Waals surface area contributed by atoms with Crippen molar-refractivity contribution in [2.45, 2.75) is 57.8 Å². The summed E-state index contributed by atoms with van der Waals surface area (Å²) in [5.41, 5.74) is 0.614. The van der Waals surface area contributed by atoms with Gasteiger partial charge in [0.2, 0.25) is 0 Å². The highest BCUT2D eigenvalue weighted by molar-refractivity contribution is 5.72. The number of esters is 1. The third-order valence-electron chi connectivity index (χ3n) is 4.49. The Hall–Kier alpha value is -0.530. The van der Waals surface area contributed by atoms with E-state index in [1.165, 1.54) is 52.1 Å². The lowest BCUT2D eigenvalue weighted by atomic mass is 9.63. The van der Waals surface area contributed by atoms with Gasteiger partial charge in [-0.3, -0.25) is 4.79 Å². The monoisotopic (exact) mass is 210 g/mol. The summed E-state index contributed by atoms with van der Waals surface area (Å²) in [6.45, 7) is 0. The van der Waals surface area contributed by atoms with Gasteiger partial charge >= 0.3 is 5.97 Å². The van der Waals surface area contributed by atoms with E-state index in [-0.39, 0.29) is 11.9 Å². The highest BCUT2D eigenvalue weighted by Gasteiger charge is 2.38. The molecule has 0 aromatic heterocycles. The van der Waals surface area contributed by atoms with Crippen LogP contribution in [0.4, 0.5) is 0 Å². The first-order valence-corrected chi connectivity index (χ1v) is 6.34. The van der Waals surface area contributed by atoms with Crippen LogP contribution in [0.3, 0.4) is 0 Å². The third kappa shape index (κ3) is 2.35. The Morgan fingerprint density at radius 3 is 2.20 bits per heavy atom. The topological polar surface area (TPSA) is 26.3 Å². The molecule has 86 valence electrons. The van der Waals surface area contributed by atoms with E-state index < -0.39 is 0 Å². The molecule has 15 heavy (non-hydrogen) atoms. The van der Waals surface area contributed by atoms with Crippen LogP contribution in [0.5, 0.6) is 0 Å².